The number of nitrogens with one attached hydrogen (secondary N) is 1. The van der Waals surface area contributed by atoms with Crippen molar-refractivity contribution >= 4 is 28.9 Å². The van der Waals surface area contributed by atoms with Gasteiger partial charge in [0.05, 0.1) is 16.3 Å². The van der Waals surface area contributed by atoms with E-state index in [0.717, 1.165) is 33.1 Å². The van der Waals surface area contributed by atoms with Gasteiger partial charge in [0.25, 0.3) is 5.91 Å². The molecule has 0 aliphatic heterocycles. The molecule has 0 saturated carbocycles. The number of carbonyl (C=O) groups excluding carboxylic acids is 2. The van der Waals surface area contributed by atoms with E-state index >= 15 is 0 Å². The quantitative estimate of drug-likeness (QED) is 0.517. The highest BCUT2D eigenvalue weighted by atomic mass is 32.1. The van der Waals surface area contributed by atoms with E-state index in [1.807, 2.05) is 45.2 Å². The summed E-state index contributed by atoms with van der Waals surface area (Å²) in [6.07, 6.45) is -0.934. The number of anilines is 1. The molecule has 0 bridgehead atoms. The zero-order chi connectivity index (χ0) is 22.5. The van der Waals surface area contributed by atoms with E-state index in [2.05, 4.69) is 10.3 Å². The lowest BCUT2D eigenvalue weighted by molar-refractivity contribution is -0.123. The lowest BCUT2D eigenvalue weighted by Gasteiger charge is -2.17. The number of amides is 1. The molecule has 7 heteroatoms. The number of hydrogen-bond donors (Lipinski definition) is 1. The third kappa shape index (κ3) is 5.92. The standard InChI is InChI=1S/C24H26N2O4S/c1-14-10-15(2)22(16(3)11-14)26-23(27)17(4)30-24(28)19-6-8-21(9-7-19)29-12-20-13-31-18(5)25-20/h6-11,13,17H,12H2,1-5H3,(H,26,27). The first kappa shape index (κ1) is 22.5. The van der Waals surface area contributed by atoms with Crippen LogP contribution in [0.25, 0.3) is 0 Å². The number of esters is 1. The highest BCUT2D eigenvalue weighted by Gasteiger charge is 2.20. The molecule has 0 spiro atoms. The van der Waals surface area contributed by atoms with Gasteiger partial charge in [0.1, 0.15) is 12.4 Å². The number of ether oxygens (including phenoxy) is 2. The molecule has 0 aliphatic carbocycles. The lowest BCUT2D eigenvalue weighted by atomic mass is 10.0. The molecule has 1 heterocycles. The van der Waals surface area contributed by atoms with Crippen molar-refractivity contribution in [3.8, 4) is 5.75 Å². The van der Waals surface area contributed by atoms with E-state index in [-0.39, 0.29) is 5.91 Å². The largest absolute Gasteiger partial charge is 0.487 e. The van der Waals surface area contributed by atoms with Crippen molar-refractivity contribution in [2.24, 2.45) is 0 Å². The smallest absolute Gasteiger partial charge is 0.338 e. The van der Waals surface area contributed by atoms with Gasteiger partial charge in [-0.15, -0.1) is 11.3 Å². The molecule has 2 aromatic carbocycles. The Kier molecular flexibility index (Phi) is 7.07. The number of nitrogens with zero attached hydrogens (tertiary/aromatic N) is 1. The van der Waals surface area contributed by atoms with Gasteiger partial charge in [0.15, 0.2) is 6.10 Å². The molecule has 1 N–H and O–H groups in total. The Bertz CT molecular complexity index is 1070. The average Bonchev–Trinajstić information content (AvgIpc) is 3.14. The van der Waals surface area contributed by atoms with Crippen molar-refractivity contribution in [1.82, 2.24) is 4.98 Å². The Balaban J connectivity index is 1.56. The summed E-state index contributed by atoms with van der Waals surface area (Å²) in [6.45, 7) is 9.74. The monoisotopic (exact) mass is 438 g/mol. The van der Waals surface area contributed by atoms with Gasteiger partial charge in [-0.3, -0.25) is 4.79 Å². The molecular formula is C24H26N2O4S. The summed E-state index contributed by atoms with van der Waals surface area (Å²) >= 11 is 1.57. The second-order valence-electron chi connectivity index (χ2n) is 7.48. The van der Waals surface area contributed by atoms with Gasteiger partial charge in [0, 0.05) is 11.1 Å². The zero-order valence-corrected chi connectivity index (χ0v) is 19.1. The van der Waals surface area contributed by atoms with E-state index in [1.165, 1.54) is 0 Å². The molecule has 6 nitrogen and oxygen atoms in total. The molecule has 3 rings (SSSR count). The fourth-order valence-corrected chi connectivity index (χ4v) is 3.80. The van der Waals surface area contributed by atoms with Crippen LogP contribution in [-0.4, -0.2) is 23.0 Å². The maximum absolute atomic E-state index is 12.5. The van der Waals surface area contributed by atoms with Crippen molar-refractivity contribution in [2.45, 2.75) is 47.3 Å². The van der Waals surface area contributed by atoms with Crippen LogP contribution in [0.4, 0.5) is 5.69 Å². The van der Waals surface area contributed by atoms with Crippen LogP contribution in [0, 0.1) is 27.7 Å². The van der Waals surface area contributed by atoms with Gasteiger partial charge >= 0.3 is 5.97 Å². The van der Waals surface area contributed by atoms with E-state index in [1.54, 1.807) is 42.5 Å². The summed E-state index contributed by atoms with van der Waals surface area (Å²) in [5, 5.41) is 5.80. The van der Waals surface area contributed by atoms with E-state index in [4.69, 9.17) is 9.47 Å². The molecule has 0 aliphatic rings. The minimum atomic E-state index is -0.934. The Morgan fingerprint density at radius 1 is 1.06 bits per heavy atom. The van der Waals surface area contributed by atoms with Crippen molar-refractivity contribution in [3.05, 3.63) is 74.7 Å². The first-order valence-corrected chi connectivity index (χ1v) is 10.8. The predicted molar refractivity (Wildman–Crippen MR) is 122 cm³/mol. The van der Waals surface area contributed by atoms with Crippen LogP contribution in [0.3, 0.4) is 0 Å². The van der Waals surface area contributed by atoms with Gasteiger partial charge in [-0.2, -0.15) is 0 Å². The van der Waals surface area contributed by atoms with Gasteiger partial charge in [0.2, 0.25) is 0 Å². The summed E-state index contributed by atoms with van der Waals surface area (Å²) in [5.74, 6) is -0.318. The zero-order valence-electron chi connectivity index (χ0n) is 18.3. The predicted octanol–water partition coefficient (Wildman–Crippen LogP) is 5.14. The van der Waals surface area contributed by atoms with Crippen LogP contribution in [0.5, 0.6) is 5.75 Å². The van der Waals surface area contributed by atoms with Gasteiger partial charge in [-0.25, -0.2) is 9.78 Å². The third-order valence-corrected chi connectivity index (χ3v) is 5.54. The lowest BCUT2D eigenvalue weighted by Crippen LogP contribution is -2.30. The molecular weight excluding hydrogens is 412 g/mol. The second-order valence-corrected chi connectivity index (χ2v) is 8.54. The molecule has 1 aromatic heterocycles. The molecule has 0 saturated heterocycles. The van der Waals surface area contributed by atoms with Crippen LogP contribution < -0.4 is 10.1 Å². The molecule has 0 radical (unpaired) electrons. The summed E-state index contributed by atoms with van der Waals surface area (Å²) < 4.78 is 11.0. The van der Waals surface area contributed by atoms with Crippen LogP contribution in [0.2, 0.25) is 0 Å². The number of benzene rings is 2. The Morgan fingerprint density at radius 3 is 2.29 bits per heavy atom. The second kappa shape index (κ2) is 9.75. The van der Waals surface area contributed by atoms with Crippen molar-refractivity contribution < 1.29 is 19.1 Å². The fourth-order valence-electron chi connectivity index (χ4n) is 3.20. The Hall–Kier alpha value is -3.19. The maximum atomic E-state index is 12.5. The third-order valence-electron chi connectivity index (χ3n) is 4.72. The van der Waals surface area contributed by atoms with Crippen LogP contribution in [0.1, 0.15) is 44.7 Å². The van der Waals surface area contributed by atoms with Crippen LogP contribution >= 0.6 is 11.3 Å². The topological polar surface area (TPSA) is 77.5 Å². The minimum Gasteiger partial charge on any atom is -0.487 e. The highest BCUT2D eigenvalue weighted by molar-refractivity contribution is 7.09. The first-order chi connectivity index (χ1) is 14.7. The summed E-state index contributed by atoms with van der Waals surface area (Å²) in [4.78, 5) is 29.3. The molecule has 1 unspecified atom stereocenters. The molecule has 1 atom stereocenters. The SMILES string of the molecule is Cc1cc(C)c(NC(=O)C(C)OC(=O)c2ccc(OCc3csc(C)n3)cc2)c(C)c1. The van der Waals surface area contributed by atoms with Crippen molar-refractivity contribution in [3.63, 3.8) is 0 Å². The number of aromatic nitrogens is 1. The van der Waals surface area contributed by atoms with Gasteiger partial charge in [-0.1, -0.05) is 17.7 Å². The number of aryl methyl sites for hydroxylation is 4. The minimum absolute atomic E-state index is 0.346. The van der Waals surface area contributed by atoms with Crippen LogP contribution in [0.15, 0.2) is 41.8 Å². The van der Waals surface area contributed by atoms with E-state index < -0.39 is 12.1 Å². The molecule has 1 amide bonds. The van der Waals surface area contributed by atoms with Gasteiger partial charge < -0.3 is 14.8 Å². The molecule has 31 heavy (non-hydrogen) atoms. The number of hydrogen-bond acceptors (Lipinski definition) is 6. The average molecular weight is 439 g/mol. The fraction of sp³-hybridized carbons (Fsp3) is 0.292. The van der Waals surface area contributed by atoms with Crippen molar-refractivity contribution in [1.29, 1.82) is 0 Å². The Labute approximate surface area is 186 Å². The van der Waals surface area contributed by atoms with E-state index in [9.17, 15) is 9.59 Å². The van der Waals surface area contributed by atoms with E-state index in [0.29, 0.717) is 17.9 Å². The molecule has 0 fully saturated rings. The Morgan fingerprint density at radius 2 is 1.71 bits per heavy atom. The number of thiazole rings is 1. The highest BCUT2D eigenvalue weighted by Crippen LogP contribution is 2.22. The number of rotatable bonds is 7. The normalized spacial score (nSPS) is 11.6. The maximum Gasteiger partial charge on any atom is 0.338 e. The molecule has 3 aromatic rings. The van der Waals surface area contributed by atoms with Crippen molar-refractivity contribution in [2.75, 3.05) is 5.32 Å². The first-order valence-electron chi connectivity index (χ1n) is 9.96. The van der Waals surface area contributed by atoms with Crippen LogP contribution in [-0.2, 0) is 16.1 Å². The summed E-state index contributed by atoms with van der Waals surface area (Å²) in [5.41, 5.74) is 5.02. The van der Waals surface area contributed by atoms with Gasteiger partial charge in [-0.05, 0) is 70.0 Å². The summed E-state index contributed by atoms with van der Waals surface area (Å²) in [6, 6.07) is 10.6. The molecule has 162 valence electrons. The number of carbonyl (C=O) groups is 2. The summed E-state index contributed by atoms with van der Waals surface area (Å²) in [7, 11) is 0.